The molecule has 0 spiro atoms. The molecule has 0 aliphatic heterocycles. The lowest BCUT2D eigenvalue weighted by molar-refractivity contribution is 0.112. The number of aromatic nitrogens is 2. The van der Waals surface area contributed by atoms with Gasteiger partial charge in [-0.2, -0.15) is 0 Å². The fourth-order valence-electron chi connectivity index (χ4n) is 2.22. The molecule has 1 fully saturated rings. The molecular weight excluding hydrogens is 238 g/mol. The Morgan fingerprint density at radius 2 is 2.29 bits per heavy atom. The number of hydrogen-bond acceptors (Lipinski definition) is 4. The van der Waals surface area contributed by atoms with Crippen LogP contribution in [0.5, 0.6) is 0 Å². The first-order chi connectivity index (χ1) is 8.21. The second-order valence-electron chi connectivity index (χ2n) is 4.61. The monoisotopic (exact) mass is 253 g/mol. The van der Waals surface area contributed by atoms with E-state index in [9.17, 15) is 4.79 Å². The lowest BCUT2D eigenvalue weighted by Gasteiger charge is -2.41. The predicted octanol–water partition coefficient (Wildman–Crippen LogP) is 2.93. The lowest BCUT2D eigenvalue weighted by atomic mass is 9.67. The maximum absolute atomic E-state index is 10.9. The molecule has 0 bridgehead atoms. The molecule has 1 N–H and O–H groups in total. The van der Waals surface area contributed by atoms with Crippen LogP contribution in [0.2, 0.25) is 5.15 Å². The molecule has 0 amide bonds. The Morgan fingerprint density at radius 3 is 2.82 bits per heavy atom. The molecule has 0 atom stereocenters. The van der Waals surface area contributed by atoms with Gasteiger partial charge in [-0.15, -0.1) is 0 Å². The van der Waals surface area contributed by atoms with Crippen molar-refractivity contribution in [1.82, 2.24) is 9.97 Å². The van der Waals surface area contributed by atoms with Crippen LogP contribution in [0.25, 0.3) is 0 Å². The molecule has 1 heterocycles. The second kappa shape index (κ2) is 5.00. The number of carbonyl (C=O) groups is 1. The molecule has 1 aliphatic rings. The van der Waals surface area contributed by atoms with Crippen LogP contribution in [-0.2, 0) is 0 Å². The quantitative estimate of drug-likeness (QED) is 0.648. The maximum atomic E-state index is 10.9. The molecule has 17 heavy (non-hydrogen) atoms. The summed E-state index contributed by atoms with van der Waals surface area (Å²) in [5.41, 5.74) is 0.720. The molecular formula is C12H16ClN3O. The zero-order chi connectivity index (χ0) is 12.3. The van der Waals surface area contributed by atoms with Crippen LogP contribution in [0.4, 0.5) is 5.82 Å². The zero-order valence-corrected chi connectivity index (χ0v) is 10.6. The van der Waals surface area contributed by atoms with E-state index in [4.69, 9.17) is 11.6 Å². The van der Waals surface area contributed by atoms with Gasteiger partial charge in [0.25, 0.3) is 0 Å². The normalized spacial score (nSPS) is 17.3. The van der Waals surface area contributed by atoms with Gasteiger partial charge in [-0.25, -0.2) is 9.97 Å². The van der Waals surface area contributed by atoms with E-state index in [-0.39, 0.29) is 5.15 Å². The fraction of sp³-hybridized carbons (Fsp3) is 0.583. The highest BCUT2D eigenvalue weighted by Gasteiger charge is 2.34. The van der Waals surface area contributed by atoms with Crippen LogP contribution in [-0.4, -0.2) is 22.8 Å². The summed E-state index contributed by atoms with van der Waals surface area (Å²) in [4.78, 5) is 18.8. The minimum Gasteiger partial charge on any atom is -0.369 e. The minimum atomic E-state index is 0.205. The smallest absolute Gasteiger partial charge is 0.156 e. The molecule has 0 unspecified atom stereocenters. The van der Waals surface area contributed by atoms with Crippen molar-refractivity contribution < 1.29 is 4.79 Å². The summed E-state index contributed by atoms with van der Waals surface area (Å²) in [7, 11) is 0. The van der Waals surface area contributed by atoms with Gasteiger partial charge in [0.1, 0.15) is 17.3 Å². The number of rotatable bonds is 5. The Labute approximate surface area is 106 Å². The van der Waals surface area contributed by atoms with E-state index >= 15 is 0 Å². The van der Waals surface area contributed by atoms with Gasteiger partial charge in [0, 0.05) is 6.54 Å². The first-order valence-corrected chi connectivity index (χ1v) is 6.28. The fourth-order valence-corrected chi connectivity index (χ4v) is 2.40. The number of nitrogens with zero attached hydrogens (tertiary/aromatic N) is 2. The van der Waals surface area contributed by atoms with E-state index in [1.165, 1.54) is 25.6 Å². The standard InChI is InChI=1S/C12H16ClN3O/c1-2-12(4-3-5-12)7-14-11-9(6-17)10(13)15-8-16-11/h6,8H,2-5,7H2,1H3,(H,14,15,16). The third-order valence-corrected chi connectivity index (χ3v) is 4.05. The molecule has 1 saturated carbocycles. The van der Waals surface area contributed by atoms with Crippen molar-refractivity contribution in [3.05, 3.63) is 17.0 Å². The van der Waals surface area contributed by atoms with E-state index in [1.54, 1.807) is 0 Å². The van der Waals surface area contributed by atoms with Crippen molar-refractivity contribution in [3.63, 3.8) is 0 Å². The highest BCUT2D eigenvalue weighted by molar-refractivity contribution is 6.32. The third-order valence-electron chi connectivity index (χ3n) is 3.75. The summed E-state index contributed by atoms with van der Waals surface area (Å²) in [5.74, 6) is 0.541. The summed E-state index contributed by atoms with van der Waals surface area (Å²) < 4.78 is 0. The molecule has 0 aromatic carbocycles. The topological polar surface area (TPSA) is 54.9 Å². The van der Waals surface area contributed by atoms with Crippen molar-refractivity contribution >= 4 is 23.7 Å². The number of nitrogens with one attached hydrogen (secondary N) is 1. The van der Waals surface area contributed by atoms with Gasteiger partial charge in [0.05, 0.1) is 5.56 Å². The Hall–Kier alpha value is -1.16. The van der Waals surface area contributed by atoms with Gasteiger partial charge in [0.2, 0.25) is 0 Å². The summed E-state index contributed by atoms with van der Waals surface area (Å²) in [6.45, 7) is 3.05. The van der Waals surface area contributed by atoms with E-state index < -0.39 is 0 Å². The largest absolute Gasteiger partial charge is 0.369 e. The molecule has 92 valence electrons. The molecule has 1 aromatic heterocycles. The molecule has 2 rings (SSSR count). The van der Waals surface area contributed by atoms with Gasteiger partial charge >= 0.3 is 0 Å². The summed E-state index contributed by atoms with van der Waals surface area (Å²) >= 11 is 5.84. The highest BCUT2D eigenvalue weighted by atomic mass is 35.5. The van der Waals surface area contributed by atoms with E-state index in [0.717, 1.165) is 13.0 Å². The number of carbonyl (C=O) groups excluding carboxylic acids is 1. The SMILES string of the molecule is CCC1(CNc2ncnc(Cl)c2C=O)CCC1. The van der Waals surface area contributed by atoms with Crippen molar-refractivity contribution in [2.75, 3.05) is 11.9 Å². The molecule has 0 saturated heterocycles. The Morgan fingerprint density at radius 1 is 1.53 bits per heavy atom. The average molecular weight is 254 g/mol. The van der Waals surface area contributed by atoms with E-state index in [0.29, 0.717) is 23.1 Å². The van der Waals surface area contributed by atoms with Crippen molar-refractivity contribution in [2.45, 2.75) is 32.6 Å². The minimum absolute atomic E-state index is 0.205. The average Bonchev–Trinajstić information content (AvgIpc) is 2.28. The van der Waals surface area contributed by atoms with Crippen molar-refractivity contribution in [2.24, 2.45) is 5.41 Å². The molecule has 5 heteroatoms. The highest BCUT2D eigenvalue weighted by Crippen LogP contribution is 2.43. The summed E-state index contributed by atoms with van der Waals surface area (Å²) in [6, 6.07) is 0. The van der Waals surface area contributed by atoms with Crippen LogP contribution in [0.3, 0.4) is 0 Å². The van der Waals surface area contributed by atoms with Gasteiger partial charge in [-0.05, 0) is 24.7 Å². The van der Waals surface area contributed by atoms with Gasteiger partial charge < -0.3 is 5.32 Å². The van der Waals surface area contributed by atoms with E-state index in [1.807, 2.05) is 0 Å². The third kappa shape index (κ3) is 2.41. The molecule has 0 radical (unpaired) electrons. The van der Waals surface area contributed by atoms with Crippen molar-refractivity contribution in [1.29, 1.82) is 0 Å². The number of hydrogen-bond donors (Lipinski definition) is 1. The van der Waals surface area contributed by atoms with Crippen LogP contribution in [0.1, 0.15) is 43.0 Å². The predicted molar refractivity (Wildman–Crippen MR) is 67.5 cm³/mol. The first kappa shape index (κ1) is 12.3. The summed E-state index contributed by atoms with van der Waals surface area (Å²) in [5, 5.41) is 3.44. The van der Waals surface area contributed by atoms with Crippen molar-refractivity contribution in [3.8, 4) is 0 Å². The van der Waals surface area contributed by atoms with Gasteiger partial charge in [-0.3, -0.25) is 4.79 Å². The van der Waals surface area contributed by atoms with Crippen LogP contribution >= 0.6 is 11.6 Å². The van der Waals surface area contributed by atoms with Gasteiger partial charge in [0.15, 0.2) is 6.29 Å². The van der Waals surface area contributed by atoms with Crippen LogP contribution in [0, 0.1) is 5.41 Å². The Bertz CT molecular complexity index is 413. The summed E-state index contributed by atoms with van der Waals surface area (Å²) in [6.07, 6.45) is 6.99. The van der Waals surface area contributed by atoms with E-state index in [2.05, 4.69) is 22.2 Å². The number of aldehydes is 1. The Kier molecular flexibility index (Phi) is 3.62. The maximum Gasteiger partial charge on any atom is 0.156 e. The molecule has 1 aliphatic carbocycles. The Balaban J connectivity index is 2.08. The number of halogens is 1. The second-order valence-corrected chi connectivity index (χ2v) is 4.96. The molecule has 1 aromatic rings. The first-order valence-electron chi connectivity index (χ1n) is 5.90. The number of anilines is 1. The van der Waals surface area contributed by atoms with Gasteiger partial charge in [-0.1, -0.05) is 24.9 Å². The van der Waals surface area contributed by atoms with Crippen LogP contribution in [0.15, 0.2) is 6.33 Å². The zero-order valence-electron chi connectivity index (χ0n) is 9.87. The lowest BCUT2D eigenvalue weighted by Crippen LogP contribution is -2.36. The molecule has 4 nitrogen and oxygen atoms in total. The van der Waals surface area contributed by atoms with Crippen LogP contribution < -0.4 is 5.32 Å².